The molecule has 0 spiro atoms. The van der Waals surface area contributed by atoms with Gasteiger partial charge >= 0.3 is 0 Å². The van der Waals surface area contributed by atoms with E-state index in [1.165, 1.54) is 11.2 Å². The summed E-state index contributed by atoms with van der Waals surface area (Å²) < 4.78 is 11.3. The Hall–Kier alpha value is -3.79. The molecule has 0 saturated carbocycles. The van der Waals surface area contributed by atoms with Crippen LogP contribution in [-0.2, 0) is 11.3 Å². The second kappa shape index (κ2) is 11.7. The molecule has 0 atom stereocenters. The molecule has 0 saturated heterocycles. The van der Waals surface area contributed by atoms with Crippen molar-refractivity contribution in [3.05, 3.63) is 70.5 Å². The number of nitrogens with zero attached hydrogens (tertiary/aromatic N) is 4. The number of allylic oxidation sites excluding steroid dienone is 2. The molecule has 204 valence electrons. The fourth-order valence-electron chi connectivity index (χ4n) is 3.53. The van der Waals surface area contributed by atoms with Gasteiger partial charge in [0.15, 0.2) is 11.5 Å². The third-order valence-electron chi connectivity index (χ3n) is 5.78. The van der Waals surface area contributed by atoms with Crippen LogP contribution in [0.5, 0.6) is 0 Å². The lowest BCUT2D eigenvalue weighted by Crippen LogP contribution is -2.46. The van der Waals surface area contributed by atoms with Crippen molar-refractivity contribution < 1.29 is 19.2 Å². The Morgan fingerprint density at radius 3 is 2.55 bits per heavy atom. The number of ether oxygens (including phenoxy) is 1. The number of hydrazone groups is 1. The van der Waals surface area contributed by atoms with Crippen LogP contribution < -0.4 is 5.32 Å². The van der Waals surface area contributed by atoms with Crippen LogP contribution in [0, 0.1) is 17.7 Å². The first-order valence-corrected chi connectivity index (χ1v) is 12.7. The Morgan fingerprint density at radius 2 is 2.00 bits per heavy atom. The average molecular weight is 523 g/mol. The maximum Gasteiger partial charge on any atom is 0.253 e. The highest BCUT2D eigenvalue weighted by molar-refractivity contribution is 6.01. The van der Waals surface area contributed by atoms with E-state index >= 15 is 0 Å². The summed E-state index contributed by atoms with van der Waals surface area (Å²) in [5.74, 6) is 0.746. The van der Waals surface area contributed by atoms with E-state index in [1.807, 2.05) is 6.08 Å². The van der Waals surface area contributed by atoms with Gasteiger partial charge in [0.2, 0.25) is 5.90 Å². The van der Waals surface area contributed by atoms with Crippen molar-refractivity contribution >= 4 is 17.6 Å². The van der Waals surface area contributed by atoms with E-state index in [-0.39, 0.29) is 30.4 Å². The topological polar surface area (TPSA) is 137 Å². The number of aliphatic hydroxyl groups excluding tert-OH is 1. The number of aliphatic hydroxyl groups is 1. The molecule has 1 aliphatic heterocycles. The van der Waals surface area contributed by atoms with Gasteiger partial charge in [-0.3, -0.25) is 15.2 Å². The van der Waals surface area contributed by atoms with Gasteiger partial charge in [0, 0.05) is 17.8 Å². The van der Waals surface area contributed by atoms with Gasteiger partial charge in [-0.1, -0.05) is 45.3 Å². The Balaban J connectivity index is 1.86. The maximum atomic E-state index is 12.5. The van der Waals surface area contributed by atoms with Crippen molar-refractivity contribution in [2.75, 3.05) is 6.61 Å². The predicted octanol–water partition coefficient (Wildman–Crippen LogP) is 4.71. The highest BCUT2D eigenvalue weighted by Gasteiger charge is 2.31. The molecule has 0 aromatic carbocycles. The number of hydrogen-bond acceptors (Lipinski definition) is 8. The van der Waals surface area contributed by atoms with Crippen LogP contribution in [0.25, 0.3) is 0 Å². The largest absolute Gasteiger partial charge is 0.470 e. The Labute approximate surface area is 224 Å². The fraction of sp³-hybridized carbons (Fsp3) is 0.464. The molecule has 10 nitrogen and oxygen atoms in total. The summed E-state index contributed by atoms with van der Waals surface area (Å²) in [4.78, 5) is 16.8. The second-order valence-corrected chi connectivity index (χ2v) is 10.9. The summed E-state index contributed by atoms with van der Waals surface area (Å²) in [6.07, 6.45) is 7.32. The number of amides is 1. The molecule has 0 aliphatic carbocycles. The number of aryl methyl sites for hydroxylation is 1. The molecule has 0 bridgehead atoms. The van der Waals surface area contributed by atoms with E-state index in [0.29, 0.717) is 28.6 Å². The molecule has 3 rings (SSSR count). The van der Waals surface area contributed by atoms with Gasteiger partial charge in [0.25, 0.3) is 5.91 Å². The van der Waals surface area contributed by atoms with Crippen LogP contribution in [-0.4, -0.2) is 50.0 Å². The van der Waals surface area contributed by atoms with Gasteiger partial charge in [-0.25, -0.2) is 5.01 Å². The molecule has 0 radical (unpaired) electrons. The number of carbonyl (C=O) groups is 1. The number of hydrogen-bond donors (Lipinski definition) is 3. The van der Waals surface area contributed by atoms with E-state index in [9.17, 15) is 9.90 Å². The summed E-state index contributed by atoms with van der Waals surface area (Å²) in [7, 11) is 0. The zero-order chi connectivity index (χ0) is 28.1. The van der Waals surface area contributed by atoms with Crippen molar-refractivity contribution in [2.24, 2.45) is 10.5 Å². The number of rotatable bonds is 8. The Morgan fingerprint density at radius 1 is 1.26 bits per heavy atom. The minimum atomic E-state index is -0.734. The molecule has 3 N–H and O–H groups in total. The van der Waals surface area contributed by atoms with E-state index in [4.69, 9.17) is 19.8 Å². The van der Waals surface area contributed by atoms with E-state index < -0.39 is 5.54 Å². The van der Waals surface area contributed by atoms with Crippen LogP contribution in [0.4, 0.5) is 0 Å². The van der Waals surface area contributed by atoms with E-state index in [2.05, 4.69) is 49.2 Å². The molecule has 1 aliphatic rings. The lowest BCUT2D eigenvalue weighted by molar-refractivity contribution is 0.0869. The van der Waals surface area contributed by atoms with Gasteiger partial charge < -0.3 is 19.7 Å². The number of aromatic nitrogens is 2. The van der Waals surface area contributed by atoms with Crippen LogP contribution in [0.2, 0.25) is 0 Å². The second-order valence-electron chi connectivity index (χ2n) is 10.9. The molecule has 1 amide bonds. The fourth-order valence-corrected chi connectivity index (χ4v) is 3.53. The number of nitrogens with one attached hydrogen (secondary N) is 2. The van der Waals surface area contributed by atoms with Crippen LogP contribution in [0.15, 0.2) is 57.4 Å². The normalized spacial score (nSPS) is 15.3. The van der Waals surface area contributed by atoms with E-state index in [0.717, 1.165) is 24.1 Å². The zero-order valence-electron chi connectivity index (χ0n) is 23.3. The van der Waals surface area contributed by atoms with Gasteiger partial charge in [0.05, 0.1) is 29.1 Å². The van der Waals surface area contributed by atoms with Crippen molar-refractivity contribution in [1.29, 1.82) is 5.41 Å². The van der Waals surface area contributed by atoms with Gasteiger partial charge in [-0.05, 0) is 50.8 Å². The van der Waals surface area contributed by atoms with Gasteiger partial charge in [-0.15, -0.1) is 5.10 Å². The number of carbonyl (C=O) groups excluding carboxylic acids is 1. The van der Waals surface area contributed by atoms with Crippen molar-refractivity contribution in [3.8, 4) is 0 Å². The van der Waals surface area contributed by atoms with Crippen LogP contribution in [0.3, 0.4) is 0 Å². The highest BCUT2D eigenvalue weighted by atomic mass is 16.5. The minimum absolute atomic E-state index is 0.0776. The molecular weight excluding hydrogens is 484 g/mol. The standard InChI is InChI=1S/C28H38N6O4/c1-8-9-10-21-14-22(27(3,4)5)26(32-34(21)24(29)23-13-18(2)38-33-23)37-16-20-12-11-19(15-30-20)25(36)31-28(6,7)17-35/h10-15,29,35H,8-9,16-17H2,1-7H3,(H,31,36)/b21-10+,29-24?. The van der Waals surface area contributed by atoms with Crippen molar-refractivity contribution in [2.45, 2.75) is 73.5 Å². The van der Waals surface area contributed by atoms with Crippen LogP contribution >= 0.6 is 0 Å². The SMILES string of the molecule is CCC/C=C1\C=C(C(C)(C)C)C(OCc2ccc(C(=O)NC(C)(C)CO)cn2)=NN1C(=N)c1cc(C)on1. The average Bonchev–Trinajstić information content (AvgIpc) is 3.31. The molecule has 3 heterocycles. The molecular formula is C28H38N6O4. The predicted molar refractivity (Wildman–Crippen MR) is 146 cm³/mol. The molecule has 10 heteroatoms. The van der Waals surface area contributed by atoms with Crippen LogP contribution in [0.1, 0.15) is 81.9 Å². The van der Waals surface area contributed by atoms with Gasteiger partial charge in [0.1, 0.15) is 12.4 Å². The maximum absolute atomic E-state index is 12.5. The smallest absolute Gasteiger partial charge is 0.253 e. The quantitative estimate of drug-likeness (QED) is 0.337. The first kappa shape index (κ1) is 28.8. The number of unbranched alkanes of at least 4 members (excludes halogenated alkanes) is 1. The lowest BCUT2D eigenvalue weighted by Gasteiger charge is -2.32. The monoisotopic (exact) mass is 522 g/mol. The molecule has 2 aromatic heterocycles. The summed E-state index contributed by atoms with van der Waals surface area (Å²) >= 11 is 0. The summed E-state index contributed by atoms with van der Waals surface area (Å²) in [5, 5.41) is 31.1. The third-order valence-corrected chi connectivity index (χ3v) is 5.78. The van der Waals surface area contributed by atoms with Crippen molar-refractivity contribution in [1.82, 2.24) is 20.5 Å². The summed E-state index contributed by atoms with van der Waals surface area (Å²) in [5.41, 5.74) is 2.02. The highest BCUT2D eigenvalue weighted by Crippen LogP contribution is 2.33. The first-order chi connectivity index (χ1) is 17.8. The minimum Gasteiger partial charge on any atom is -0.470 e. The third kappa shape index (κ3) is 7.16. The van der Waals surface area contributed by atoms with E-state index in [1.54, 1.807) is 39.0 Å². The zero-order valence-corrected chi connectivity index (χ0v) is 23.3. The molecule has 0 fully saturated rings. The Bertz CT molecular complexity index is 1250. The summed E-state index contributed by atoms with van der Waals surface area (Å²) in [6.45, 7) is 13.5. The van der Waals surface area contributed by atoms with Crippen molar-refractivity contribution in [3.63, 3.8) is 0 Å². The first-order valence-electron chi connectivity index (χ1n) is 12.7. The summed E-state index contributed by atoms with van der Waals surface area (Å²) in [6, 6.07) is 5.08. The van der Waals surface area contributed by atoms with Gasteiger partial charge in [-0.2, -0.15) is 0 Å². The number of pyridine rings is 1. The molecule has 2 aromatic rings. The molecule has 38 heavy (non-hydrogen) atoms. The molecule has 0 unspecified atom stereocenters. The lowest BCUT2D eigenvalue weighted by atomic mass is 9.85. The number of amidine groups is 1. The Kier molecular flexibility index (Phi) is 8.88.